The summed E-state index contributed by atoms with van der Waals surface area (Å²) in [6.07, 6.45) is -1.93. The highest BCUT2D eigenvalue weighted by Crippen LogP contribution is 2.46. The Morgan fingerprint density at radius 3 is 2.11 bits per heavy atom. The Balaban J connectivity index is 2.57. The molecule has 1 aliphatic rings. The van der Waals surface area contributed by atoms with Crippen LogP contribution in [0.5, 0.6) is 0 Å². The first-order chi connectivity index (χ1) is 17.6. The summed E-state index contributed by atoms with van der Waals surface area (Å²) in [4.78, 5) is 32.7. The van der Waals surface area contributed by atoms with Crippen LogP contribution < -0.4 is 5.73 Å². The van der Waals surface area contributed by atoms with Crippen molar-refractivity contribution in [1.82, 2.24) is 0 Å². The summed E-state index contributed by atoms with van der Waals surface area (Å²) < 4.78 is 31.7. The van der Waals surface area contributed by atoms with Gasteiger partial charge in [0.15, 0.2) is 18.5 Å². The van der Waals surface area contributed by atoms with E-state index in [4.69, 9.17) is 15.2 Å². The lowest BCUT2D eigenvalue weighted by Gasteiger charge is -2.38. The number of carbonyl (C=O) groups excluding carboxylic acids is 1. The maximum atomic E-state index is 12.3. The number of allylic oxidation sites excluding steroid dienone is 5. The average Bonchev–Trinajstić information content (AvgIpc) is 2.80. The Hall–Kier alpha value is -1.93. The minimum Gasteiger partial charge on any atom is -0.479 e. The van der Waals surface area contributed by atoms with Crippen molar-refractivity contribution in [3.05, 3.63) is 34.9 Å². The predicted molar refractivity (Wildman–Crippen MR) is 136 cm³/mol. The topological polar surface area (TPSA) is 215 Å². The minimum absolute atomic E-state index is 0.0964. The van der Waals surface area contributed by atoms with Gasteiger partial charge in [-0.1, -0.05) is 34.9 Å². The third kappa shape index (κ3) is 12.3. The normalized spacial score (nSPS) is 26.9. The van der Waals surface area contributed by atoms with Crippen molar-refractivity contribution in [1.29, 1.82) is 0 Å². The fraction of sp³-hybridized carbons (Fsp3) is 0.667. The van der Waals surface area contributed by atoms with E-state index in [2.05, 4.69) is 42.0 Å². The van der Waals surface area contributed by atoms with Crippen molar-refractivity contribution < 1.29 is 58.0 Å². The number of aliphatic hydroxyl groups is 3. The summed E-state index contributed by atoms with van der Waals surface area (Å²) in [7, 11) is -5.08. The Kier molecular flexibility index (Phi) is 14.6. The van der Waals surface area contributed by atoms with Gasteiger partial charge in [-0.3, -0.25) is 13.8 Å². The molecule has 1 fully saturated rings. The van der Waals surface area contributed by atoms with Crippen LogP contribution in [-0.2, 0) is 32.7 Å². The van der Waals surface area contributed by atoms with Gasteiger partial charge >= 0.3 is 13.8 Å². The number of phosphoric acid groups is 1. The summed E-state index contributed by atoms with van der Waals surface area (Å²) in [5.41, 5.74) is 8.57. The minimum atomic E-state index is -5.08. The Morgan fingerprint density at radius 2 is 1.55 bits per heavy atom. The van der Waals surface area contributed by atoms with Crippen LogP contribution in [0.15, 0.2) is 34.9 Å². The standard InChI is InChI=1S/C24H40NO12P/c1-14(2)7-5-8-15(3)9-6-10-16(4)11-12-34-17(23(30)31)13-35-38(32,33)37-24-20(28)18(26)19(27)21(36-24)22(25)29/h7,9,11,17-21,24,26-28H,5-6,8,10,12-13H2,1-4H3,(H2,25,29)(H,30,31)(H,32,33)/b15-9+,16-11-/t17?,18-,19?,20?,21?,24-/m0/s1. The molecular formula is C24H40NO12P. The van der Waals surface area contributed by atoms with Gasteiger partial charge in [0, 0.05) is 0 Å². The molecule has 0 aromatic heterocycles. The number of amides is 1. The number of phosphoric ester groups is 1. The Bertz CT molecular complexity index is 929. The van der Waals surface area contributed by atoms with E-state index in [0.717, 1.165) is 31.3 Å². The molecule has 1 saturated heterocycles. The molecule has 0 bridgehead atoms. The number of carboxylic acids is 1. The van der Waals surface area contributed by atoms with Crippen LogP contribution in [0.1, 0.15) is 53.4 Å². The number of hydrogen-bond acceptors (Lipinski definition) is 10. The highest BCUT2D eigenvalue weighted by molar-refractivity contribution is 7.47. The van der Waals surface area contributed by atoms with E-state index < -0.39 is 63.1 Å². The third-order valence-corrected chi connectivity index (χ3v) is 6.55. The van der Waals surface area contributed by atoms with Crippen LogP contribution in [0, 0.1) is 0 Å². The molecule has 0 spiro atoms. The first-order valence-electron chi connectivity index (χ1n) is 12.1. The SMILES string of the molecule is CC(C)=CCC/C(C)=C/CC/C(C)=C\COC(COP(=O)(O)O[C@@H]1OC(C(N)=O)C(O)[C@H](O)C1O)C(=O)O. The molecule has 0 aromatic rings. The summed E-state index contributed by atoms with van der Waals surface area (Å²) in [5.74, 6) is -2.69. The number of aliphatic hydroxyl groups excluding tert-OH is 3. The molecule has 5 unspecified atom stereocenters. The molecule has 0 aliphatic carbocycles. The quantitative estimate of drug-likeness (QED) is 0.115. The number of hydrogen-bond donors (Lipinski definition) is 6. The van der Waals surface area contributed by atoms with Crippen LogP contribution in [0.2, 0.25) is 0 Å². The van der Waals surface area contributed by atoms with E-state index in [9.17, 15) is 39.5 Å². The maximum absolute atomic E-state index is 12.3. The van der Waals surface area contributed by atoms with Gasteiger partial charge < -0.3 is 40.5 Å². The molecule has 14 heteroatoms. The van der Waals surface area contributed by atoms with Gasteiger partial charge in [-0.15, -0.1) is 0 Å². The van der Waals surface area contributed by atoms with E-state index >= 15 is 0 Å². The summed E-state index contributed by atoms with van der Waals surface area (Å²) >= 11 is 0. The molecule has 1 amide bonds. The van der Waals surface area contributed by atoms with Crippen molar-refractivity contribution in [2.45, 2.75) is 90.2 Å². The van der Waals surface area contributed by atoms with Crippen LogP contribution in [-0.4, -0.2) is 87.2 Å². The zero-order valence-corrected chi connectivity index (χ0v) is 23.0. The number of nitrogens with two attached hydrogens (primary N) is 1. The molecule has 38 heavy (non-hydrogen) atoms. The molecule has 13 nitrogen and oxygen atoms in total. The highest BCUT2D eigenvalue weighted by atomic mass is 31.2. The highest BCUT2D eigenvalue weighted by Gasteiger charge is 2.49. The molecule has 0 radical (unpaired) electrons. The lowest BCUT2D eigenvalue weighted by molar-refractivity contribution is -0.270. The number of carboxylic acid groups (broad SMARTS) is 1. The molecule has 0 saturated carbocycles. The van der Waals surface area contributed by atoms with Crippen LogP contribution in [0.3, 0.4) is 0 Å². The first kappa shape index (κ1) is 34.1. The van der Waals surface area contributed by atoms with Gasteiger partial charge in [0.25, 0.3) is 0 Å². The fourth-order valence-electron chi connectivity index (χ4n) is 3.33. The van der Waals surface area contributed by atoms with E-state index in [-0.39, 0.29) is 6.61 Å². The smallest absolute Gasteiger partial charge is 0.474 e. The summed E-state index contributed by atoms with van der Waals surface area (Å²) in [6, 6.07) is 0. The van der Waals surface area contributed by atoms with Gasteiger partial charge in [0.05, 0.1) is 13.2 Å². The molecule has 1 aliphatic heterocycles. The van der Waals surface area contributed by atoms with Gasteiger partial charge in [0.2, 0.25) is 5.91 Å². The molecule has 218 valence electrons. The van der Waals surface area contributed by atoms with E-state index in [1.54, 1.807) is 6.08 Å². The zero-order valence-electron chi connectivity index (χ0n) is 22.1. The van der Waals surface area contributed by atoms with Crippen LogP contribution in [0.25, 0.3) is 0 Å². The van der Waals surface area contributed by atoms with E-state index in [1.807, 2.05) is 6.92 Å². The fourth-order valence-corrected chi connectivity index (χ4v) is 4.15. The second-order valence-electron chi connectivity index (χ2n) is 9.29. The van der Waals surface area contributed by atoms with Crippen molar-refractivity contribution in [2.75, 3.05) is 13.2 Å². The second-order valence-corrected chi connectivity index (χ2v) is 10.7. The predicted octanol–water partition coefficient (Wildman–Crippen LogP) is 1.30. The summed E-state index contributed by atoms with van der Waals surface area (Å²) in [5, 5.41) is 38.8. The number of primary amides is 1. The average molecular weight is 566 g/mol. The number of rotatable bonds is 16. The molecule has 7 N–H and O–H groups in total. The van der Waals surface area contributed by atoms with Crippen molar-refractivity contribution in [3.8, 4) is 0 Å². The van der Waals surface area contributed by atoms with Gasteiger partial charge in [-0.2, -0.15) is 0 Å². The van der Waals surface area contributed by atoms with Crippen molar-refractivity contribution in [3.63, 3.8) is 0 Å². The molecule has 0 aromatic carbocycles. The van der Waals surface area contributed by atoms with Crippen molar-refractivity contribution >= 4 is 19.7 Å². The number of carbonyl (C=O) groups is 2. The van der Waals surface area contributed by atoms with E-state index in [1.165, 1.54) is 11.1 Å². The maximum Gasteiger partial charge on any atom is 0.474 e. The van der Waals surface area contributed by atoms with Gasteiger partial charge in [0.1, 0.15) is 18.3 Å². The number of ether oxygens (including phenoxy) is 2. The second kappa shape index (κ2) is 16.2. The van der Waals surface area contributed by atoms with E-state index in [0.29, 0.717) is 0 Å². The Morgan fingerprint density at radius 1 is 0.974 bits per heavy atom. The molecular weight excluding hydrogens is 525 g/mol. The van der Waals surface area contributed by atoms with Gasteiger partial charge in [-0.25, -0.2) is 9.36 Å². The summed E-state index contributed by atoms with van der Waals surface area (Å²) in [6.45, 7) is 7.07. The van der Waals surface area contributed by atoms with Crippen molar-refractivity contribution in [2.24, 2.45) is 5.73 Å². The molecule has 1 heterocycles. The number of aliphatic carboxylic acids is 1. The van der Waals surface area contributed by atoms with Gasteiger partial charge in [-0.05, 0) is 53.4 Å². The third-order valence-electron chi connectivity index (χ3n) is 5.60. The lowest BCUT2D eigenvalue weighted by atomic mass is 9.99. The zero-order chi connectivity index (χ0) is 29.0. The largest absolute Gasteiger partial charge is 0.479 e. The Labute approximate surface area is 222 Å². The lowest BCUT2D eigenvalue weighted by Crippen LogP contribution is -2.61. The van der Waals surface area contributed by atoms with Crippen LogP contribution in [0.4, 0.5) is 0 Å². The molecule has 1 rings (SSSR count). The monoisotopic (exact) mass is 565 g/mol. The first-order valence-corrected chi connectivity index (χ1v) is 13.6. The molecule has 7 atom stereocenters. The van der Waals surface area contributed by atoms with Crippen LogP contribution >= 0.6 is 7.82 Å².